The van der Waals surface area contributed by atoms with Gasteiger partial charge >= 0.3 is 0 Å². The van der Waals surface area contributed by atoms with Gasteiger partial charge in [-0.3, -0.25) is 0 Å². The minimum atomic E-state index is 0. The molecule has 4 nitrogen and oxygen atoms in total. The molecule has 1 saturated heterocycles. The number of nitrogens with zero attached hydrogens (tertiary/aromatic N) is 1. The second kappa shape index (κ2) is 15.3. The van der Waals surface area contributed by atoms with Crippen molar-refractivity contribution in [1.29, 1.82) is 0 Å². The van der Waals surface area contributed by atoms with Crippen LogP contribution in [0.2, 0.25) is 0 Å². The molecule has 1 heterocycles. The molecular formula is C26H42ClNO3. The predicted octanol–water partition coefficient (Wildman–Crippen LogP) is 2.82. The fourth-order valence-electron chi connectivity index (χ4n) is 4.58. The van der Waals surface area contributed by atoms with Gasteiger partial charge in [0.05, 0.1) is 53.9 Å². The Balaban J connectivity index is 0.00000480. The fourth-order valence-corrected chi connectivity index (χ4v) is 4.58. The Morgan fingerprint density at radius 3 is 2.00 bits per heavy atom. The number of ether oxygens (including phenoxy) is 3. The summed E-state index contributed by atoms with van der Waals surface area (Å²) in [6, 6.07) is 3.85. The van der Waals surface area contributed by atoms with E-state index in [1.54, 1.807) is 21.3 Å². The maximum atomic E-state index is 5.44. The van der Waals surface area contributed by atoms with E-state index >= 15 is 0 Å². The largest absolute Gasteiger partial charge is 1.00 e. The van der Waals surface area contributed by atoms with E-state index in [2.05, 4.69) is 18.8 Å². The Morgan fingerprint density at radius 2 is 1.42 bits per heavy atom. The predicted molar refractivity (Wildman–Crippen MR) is 125 cm³/mol. The number of hydrogen-bond donors (Lipinski definition) is 0. The topological polar surface area (TPSA) is 27.7 Å². The smallest absolute Gasteiger partial charge is 0.203 e. The number of methoxy groups -OCH3 is 3. The van der Waals surface area contributed by atoms with Gasteiger partial charge in [0.15, 0.2) is 11.5 Å². The lowest BCUT2D eigenvalue weighted by Gasteiger charge is -2.41. The Kier molecular flexibility index (Phi) is 13.5. The minimum absolute atomic E-state index is 0. The maximum absolute atomic E-state index is 5.44. The lowest BCUT2D eigenvalue weighted by atomic mass is 10.0. The fraction of sp³-hybridized carbons (Fsp3) is 0.692. The summed E-state index contributed by atoms with van der Waals surface area (Å²) in [5.41, 5.74) is 0.908. The van der Waals surface area contributed by atoms with Crippen LogP contribution in [0, 0.1) is 11.8 Å². The van der Waals surface area contributed by atoms with Crippen LogP contribution in [0.25, 0.3) is 0 Å². The molecule has 1 aliphatic heterocycles. The average molecular weight is 452 g/mol. The van der Waals surface area contributed by atoms with Crippen LogP contribution in [0.3, 0.4) is 0 Å². The molecule has 0 amide bonds. The maximum Gasteiger partial charge on any atom is 0.203 e. The van der Waals surface area contributed by atoms with E-state index in [0.29, 0.717) is 17.2 Å². The van der Waals surface area contributed by atoms with Gasteiger partial charge in [-0.25, -0.2) is 0 Å². The first-order chi connectivity index (χ1) is 14.7. The summed E-state index contributed by atoms with van der Waals surface area (Å²) in [5, 5.41) is 0. The van der Waals surface area contributed by atoms with Crippen molar-refractivity contribution < 1.29 is 31.1 Å². The lowest BCUT2D eigenvalue weighted by molar-refractivity contribution is -0.932. The molecule has 2 rings (SSSR count). The van der Waals surface area contributed by atoms with E-state index in [9.17, 15) is 0 Å². The second-order valence-electron chi connectivity index (χ2n) is 8.53. The number of hydrogen-bond acceptors (Lipinski definition) is 3. The molecule has 0 radical (unpaired) electrons. The molecule has 1 aromatic rings. The molecule has 31 heavy (non-hydrogen) atoms. The number of piperidine rings is 1. The highest BCUT2D eigenvalue weighted by Gasteiger charge is 2.28. The number of benzene rings is 1. The Labute approximate surface area is 196 Å². The number of quaternary nitrogens is 1. The van der Waals surface area contributed by atoms with Crippen LogP contribution in [0.15, 0.2) is 12.1 Å². The molecule has 1 aliphatic rings. The first-order valence-corrected chi connectivity index (χ1v) is 11.8. The van der Waals surface area contributed by atoms with Crippen LogP contribution in [0.4, 0.5) is 0 Å². The number of halogens is 1. The van der Waals surface area contributed by atoms with Crippen molar-refractivity contribution in [3.05, 3.63) is 17.7 Å². The van der Waals surface area contributed by atoms with E-state index < -0.39 is 0 Å². The van der Waals surface area contributed by atoms with E-state index in [0.717, 1.165) is 12.0 Å². The van der Waals surface area contributed by atoms with E-state index in [4.69, 9.17) is 14.2 Å². The van der Waals surface area contributed by atoms with Crippen molar-refractivity contribution in [3.8, 4) is 29.1 Å². The van der Waals surface area contributed by atoms with Gasteiger partial charge in [-0.1, -0.05) is 44.4 Å². The van der Waals surface area contributed by atoms with Crippen LogP contribution < -0.4 is 26.6 Å². The Bertz CT molecular complexity index is 665. The van der Waals surface area contributed by atoms with E-state index in [1.807, 2.05) is 12.1 Å². The van der Waals surface area contributed by atoms with Crippen molar-refractivity contribution in [2.24, 2.45) is 0 Å². The summed E-state index contributed by atoms with van der Waals surface area (Å²) >= 11 is 0. The summed E-state index contributed by atoms with van der Waals surface area (Å²) in [4.78, 5) is 0. The first kappa shape index (κ1) is 27.5. The van der Waals surface area contributed by atoms with Crippen LogP contribution in [-0.2, 0) is 0 Å². The SMILES string of the molecule is CCCCCCCC[N+]1(CCC#Cc2cc(OC)c(OC)c(OC)c2)CCCCC1.[Cl-]. The molecule has 176 valence electrons. The zero-order valence-electron chi connectivity index (χ0n) is 20.1. The molecule has 0 saturated carbocycles. The quantitative estimate of drug-likeness (QED) is 0.278. The Hall–Kier alpha value is -1.57. The zero-order valence-corrected chi connectivity index (χ0v) is 20.9. The highest BCUT2D eigenvalue weighted by Crippen LogP contribution is 2.37. The normalized spacial score (nSPS) is 14.7. The van der Waals surface area contributed by atoms with Gasteiger partial charge in [-0.15, -0.1) is 0 Å². The molecule has 0 atom stereocenters. The van der Waals surface area contributed by atoms with E-state index in [-0.39, 0.29) is 12.4 Å². The summed E-state index contributed by atoms with van der Waals surface area (Å²) in [7, 11) is 4.90. The van der Waals surface area contributed by atoms with E-state index in [1.165, 1.54) is 88.4 Å². The molecular weight excluding hydrogens is 410 g/mol. The van der Waals surface area contributed by atoms with Crippen molar-refractivity contribution in [2.75, 3.05) is 47.5 Å². The molecule has 1 aromatic carbocycles. The van der Waals surface area contributed by atoms with Crippen molar-refractivity contribution in [1.82, 2.24) is 0 Å². The summed E-state index contributed by atoms with van der Waals surface area (Å²) < 4.78 is 17.6. The summed E-state index contributed by atoms with van der Waals surface area (Å²) in [6.45, 7) is 7.46. The van der Waals surface area contributed by atoms with Crippen LogP contribution in [0.5, 0.6) is 17.2 Å². The lowest BCUT2D eigenvalue weighted by Crippen LogP contribution is -3.00. The molecule has 0 aliphatic carbocycles. The van der Waals surface area contributed by atoms with Crippen molar-refractivity contribution in [3.63, 3.8) is 0 Å². The van der Waals surface area contributed by atoms with Gasteiger partial charge < -0.3 is 31.1 Å². The monoisotopic (exact) mass is 451 g/mol. The van der Waals surface area contributed by atoms with Crippen LogP contribution >= 0.6 is 0 Å². The number of rotatable bonds is 12. The van der Waals surface area contributed by atoms with Gasteiger partial charge in [-0.2, -0.15) is 0 Å². The van der Waals surface area contributed by atoms with Crippen molar-refractivity contribution >= 4 is 0 Å². The first-order valence-electron chi connectivity index (χ1n) is 11.8. The molecule has 0 unspecified atom stereocenters. The molecule has 5 heteroatoms. The Morgan fingerprint density at radius 1 is 0.806 bits per heavy atom. The third kappa shape index (κ3) is 8.83. The van der Waals surface area contributed by atoms with Crippen molar-refractivity contribution in [2.45, 2.75) is 71.1 Å². The molecule has 0 bridgehead atoms. The van der Waals surface area contributed by atoms with Gasteiger partial charge in [0.2, 0.25) is 5.75 Å². The molecule has 1 fully saturated rings. The standard InChI is InChI=1S/C26H42NO3.ClH/c1-5-6-7-8-9-12-17-27(18-13-10-14-19-27)20-15-11-16-23-21-24(28-2)26(30-4)25(22-23)29-3;/h21-22H,5-10,12-15,17-20H2,1-4H3;1H/q+1;/p-1. The minimum Gasteiger partial charge on any atom is -1.00 e. The van der Waals surface area contributed by atoms with Crippen LogP contribution in [0.1, 0.15) is 76.7 Å². The number of likely N-dealkylation sites (tertiary alicyclic amines) is 1. The van der Waals surface area contributed by atoms with Gasteiger partial charge in [0.1, 0.15) is 0 Å². The number of unbranched alkanes of at least 4 members (excludes halogenated alkanes) is 5. The van der Waals surface area contributed by atoms with Crippen LogP contribution in [-0.4, -0.2) is 52.0 Å². The van der Waals surface area contributed by atoms with Gasteiger partial charge in [0, 0.05) is 5.56 Å². The van der Waals surface area contributed by atoms with Gasteiger partial charge in [-0.05, 0) is 44.2 Å². The highest BCUT2D eigenvalue weighted by atomic mass is 35.5. The highest BCUT2D eigenvalue weighted by molar-refractivity contribution is 5.57. The third-order valence-electron chi connectivity index (χ3n) is 6.36. The summed E-state index contributed by atoms with van der Waals surface area (Å²) in [5.74, 6) is 8.66. The second-order valence-corrected chi connectivity index (χ2v) is 8.53. The average Bonchev–Trinajstić information content (AvgIpc) is 2.79. The third-order valence-corrected chi connectivity index (χ3v) is 6.36. The zero-order chi connectivity index (χ0) is 21.7. The van der Waals surface area contributed by atoms with Gasteiger partial charge in [0.25, 0.3) is 0 Å². The molecule has 0 N–H and O–H groups in total. The molecule has 0 aromatic heterocycles. The summed E-state index contributed by atoms with van der Waals surface area (Å²) in [6.07, 6.45) is 13.3. The molecule has 0 spiro atoms.